The average molecular weight is 152 g/mol. The molecule has 0 saturated heterocycles. The number of thiol groups is 2. The van der Waals surface area contributed by atoms with Crippen LogP contribution in [0.25, 0.3) is 0 Å². The minimum atomic E-state index is 0.114. The van der Waals surface area contributed by atoms with Gasteiger partial charge in [0.05, 0.1) is 0 Å². The van der Waals surface area contributed by atoms with E-state index in [0.717, 1.165) is 0 Å². The number of hydrogen-bond acceptors (Lipinski definition) is 1. The van der Waals surface area contributed by atoms with Crippen LogP contribution in [0.5, 0.6) is 0 Å². The Morgan fingerprint density at radius 3 is 1.75 bits per heavy atom. The van der Waals surface area contributed by atoms with Crippen molar-refractivity contribution < 1.29 is 0 Å². The summed E-state index contributed by atoms with van der Waals surface area (Å²) < 4.78 is 0. The van der Waals surface area contributed by atoms with Crippen LogP contribution in [0.2, 0.25) is 0 Å². The van der Waals surface area contributed by atoms with E-state index in [9.17, 15) is 0 Å². The van der Waals surface area contributed by atoms with Gasteiger partial charge >= 0.3 is 0 Å². The molecule has 0 aliphatic rings. The highest BCUT2D eigenvalue weighted by Gasteiger charge is 1.91. The molecule has 0 aliphatic carbocycles. The van der Waals surface area contributed by atoms with Crippen LogP contribution < -0.4 is 0 Å². The Morgan fingerprint density at radius 1 is 1.12 bits per heavy atom. The molecule has 0 amide bonds. The van der Waals surface area contributed by atoms with E-state index in [1.165, 1.54) is 24.3 Å². The van der Waals surface area contributed by atoms with Crippen molar-refractivity contribution in [3.63, 3.8) is 0 Å². The van der Waals surface area contributed by atoms with Crippen molar-refractivity contribution in [2.24, 2.45) is 0 Å². The zero-order valence-electron chi connectivity index (χ0n) is 5.72. The number of hydrogen-bond donors (Lipinski definition) is 2. The smallest absolute Gasteiger partial charge is 0.0172 e. The lowest BCUT2D eigenvalue weighted by atomic mass is 10.6. The molecule has 0 aromatic rings. The summed E-state index contributed by atoms with van der Waals surface area (Å²) in [6.45, 7) is 4.45. The van der Waals surface area contributed by atoms with Gasteiger partial charge in [0, 0.05) is 0 Å². The lowest BCUT2D eigenvalue weighted by molar-refractivity contribution is 1.07. The van der Waals surface area contributed by atoms with Crippen LogP contribution in [-0.2, 0) is 0 Å². The van der Waals surface area contributed by atoms with Crippen molar-refractivity contribution in [3.8, 4) is 0 Å². The van der Waals surface area contributed by atoms with E-state index in [1.807, 2.05) is 0 Å². The molecule has 0 nitrogen and oxygen atoms in total. The number of rotatable bonds is 4. The van der Waals surface area contributed by atoms with Gasteiger partial charge in [0.15, 0.2) is 0 Å². The van der Waals surface area contributed by atoms with E-state index in [-0.39, 0.29) is 9.93 Å². The van der Waals surface area contributed by atoms with Gasteiger partial charge in [0.2, 0.25) is 0 Å². The van der Waals surface area contributed by atoms with Crippen LogP contribution in [0.1, 0.15) is 26.7 Å². The first-order valence-electron chi connectivity index (χ1n) is 3.25. The Hall–Kier alpha value is 0.700. The van der Waals surface area contributed by atoms with Crippen molar-refractivity contribution >= 4 is 21.6 Å². The first kappa shape index (κ1) is 8.70. The second-order valence-corrected chi connectivity index (χ2v) is 5.56. The Balaban J connectivity index is 2.92. The molecule has 0 spiro atoms. The lowest BCUT2D eigenvalue weighted by Gasteiger charge is -2.10. The van der Waals surface area contributed by atoms with Gasteiger partial charge in [-0.25, -0.2) is 9.93 Å². The molecule has 0 aliphatic heterocycles. The van der Waals surface area contributed by atoms with Crippen molar-refractivity contribution in [1.29, 1.82) is 0 Å². The standard InChI is InChI=1S/C6H16S2/c1-3-5-8(7)6-4-2/h7-8H,3-6H2,1-2H3. The minimum Gasteiger partial charge on any atom is -0.208 e. The van der Waals surface area contributed by atoms with Crippen LogP contribution in [0.4, 0.5) is 0 Å². The largest absolute Gasteiger partial charge is 0.208 e. The molecular formula is C6H16S2. The maximum absolute atomic E-state index is 4.46. The molecule has 8 heavy (non-hydrogen) atoms. The van der Waals surface area contributed by atoms with Gasteiger partial charge in [-0.1, -0.05) is 13.8 Å². The predicted molar refractivity (Wildman–Crippen MR) is 48.3 cm³/mol. The van der Waals surface area contributed by atoms with Crippen molar-refractivity contribution in [3.05, 3.63) is 0 Å². The fraction of sp³-hybridized carbons (Fsp3) is 1.00. The van der Waals surface area contributed by atoms with Crippen LogP contribution >= 0.6 is 21.6 Å². The summed E-state index contributed by atoms with van der Waals surface area (Å²) in [4.78, 5) is 0. The van der Waals surface area contributed by atoms with Crippen LogP contribution in [0, 0.1) is 0 Å². The molecule has 0 heterocycles. The molecule has 0 aromatic carbocycles. The van der Waals surface area contributed by atoms with Crippen LogP contribution in [0.15, 0.2) is 0 Å². The first-order chi connectivity index (χ1) is 3.81. The van der Waals surface area contributed by atoms with Gasteiger partial charge in [-0.15, -0.1) is 11.7 Å². The van der Waals surface area contributed by atoms with Crippen molar-refractivity contribution in [2.45, 2.75) is 26.7 Å². The third-order valence-corrected chi connectivity index (χ3v) is 4.09. The predicted octanol–water partition coefficient (Wildman–Crippen LogP) is 2.65. The molecule has 0 bridgehead atoms. The van der Waals surface area contributed by atoms with E-state index < -0.39 is 0 Å². The molecule has 0 aromatic heterocycles. The quantitative estimate of drug-likeness (QED) is 0.449. The van der Waals surface area contributed by atoms with Gasteiger partial charge in [-0.2, -0.15) is 0 Å². The third-order valence-electron chi connectivity index (χ3n) is 0.963. The summed E-state index contributed by atoms with van der Waals surface area (Å²) in [5.41, 5.74) is 0. The lowest BCUT2D eigenvalue weighted by Crippen LogP contribution is -1.84. The average Bonchev–Trinajstić information content (AvgIpc) is 1.68. The SMILES string of the molecule is CCC[SH](S)CCC. The summed E-state index contributed by atoms with van der Waals surface area (Å²) in [5.74, 6) is 2.68. The summed E-state index contributed by atoms with van der Waals surface area (Å²) in [7, 11) is 0.114. The molecule has 0 unspecified atom stereocenters. The summed E-state index contributed by atoms with van der Waals surface area (Å²) in [6, 6.07) is 0. The summed E-state index contributed by atoms with van der Waals surface area (Å²) >= 11 is 4.46. The van der Waals surface area contributed by atoms with Crippen molar-refractivity contribution in [2.75, 3.05) is 11.5 Å². The highest BCUT2D eigenvalue weighted by Crippen LogP contribution is 2.30. The van der Waals surface area contributed by atoms with Gasteiger partial charge in [0.1, 0.15) is 0 Å². The zero-order valence-corrected chi connectivity index (χ0v) is 7.51. The molecule has 0 radical (unpaired) electrons. The van der Waals surface area contributed by atoms with Crippen molar-refractivity contribution in [1.82, 2.24) is 0 Å². The van der Waals surface area contributed by atoms with Gasteiger partial charge in [0.25, 0.3) is 0 Å². The Labute approximate surface area is 60.2 Å². The normalized spacial score (nSPS) is 11.6. The molecular weight excluding hydrogens is 136 g/mol. The Kier molecular flexibility index (Phi) is 6.34. The molecule has 52 valence electrons. The van der Waals surface area contributed by atoms with Gasteiger partial charge in [-0.3, -0.25) is 0 Å². The molecule has 0 atom stereocenters. The topological polar surface area (TPSA) is 0 Å². The minimum absolute atomic E-state index is 0.114. The Morgan fingerprint density at radius 2 is 1.50 bits per heavy atom. The van der Waals surface area contributed by atoms with Gasteiger partial charge < -0.3 is 0 Å². The first-order valence-corrected chi connectivity index (χ1v) is 6.11. The summed E-state index contributed by atoms with van der Waals surface area (Å²) in [5, 5.41) is 0. The maximum Gasteiger partial charge on any atom is -0.0172 e. The van der Waals surface area contributed by atoms with E-state index in [2.05, 4.69) is 25.5 Å². The zero-order chi connectivity index (χ0) is 6.41. The summed E-state index contributed by atoms with van der Waals surface area (Å²) in [6.07, 6.45) is 2.60. The fourth-order valence-electron chi connectivity index (χ4n) is 0.628. The van der Waals surface area contributed by atoms with E-state index >= 15 is 0 Å². The van der Waals surface area contributed by atoms with Crippen LogP contribution in [0.3, 0.4) is 0 Å². The van der Waals surface area contributed by atoms with E-state index in [1.54, 1.807) is 0 Å². The van der Waals surface area contributed by atoms with E-state index in [0.29, 0.717) is 0 Å². The molecule has 0 saturated carbocycles. The molecule has 0 fully saturated rings. The fourth-order valence-corrected chi connectivity index (χ4v) is 3.08. The van der Waals surface area contributed by atoms with E-state index in [4.69, 9.17) is 0 Å². The Bertz CT molecular complexity index is 39.8. The van der Waals surface area contributed by atoms with Crippen LogP contribution in [-0.4, -0.2) is 11.5 Å². The molecule has 0 N–H and O–H groups in total. The maximum atomic E-state index is 4.46. The molecule has 2 heteroatoms. The highest BCUT2D eigenvalue weighted by atomic mass is 33.1. The molecule has 0 rings (SSSR count). The second-order valence-electron chi connectivity index (χ2n) is 1.95. The van der Waals surface area contributed by atoms with Gasteiger partial charge in [-0.05, 0) is 24.3 Å². The second kappa shape index (κ2) is 5.83. The monoisotopic (exact) mass is 152 g/mol. The third kappa shape index (κ3) is 4.85. The highest BCUT2D eigenvalue weighted by molar-refractivity contribution is 8.78.